The van der Waals surface area contributed by atoms with Crippen LogP contribution >= 0.6 is 0 Å². The van der Waals surface area contributed by atoms with Crippen molar-refractivity contribution in [3.8, 4) is 17.0 Å². The van der Waals surface area contributed by atoms with Crippen molar-refractivity contribution in [3.63, 3.8) is 0 Å². The molecule has 13 heteroatoms. The lowest BCUT2D eigenvalue weighted by atomic mass is 9.80. The first-order valence-corrected chi connectivity index (χ1v) is 14.8. The second-order valence-electron chi connectivity index (χ2n) is 11.8. The number of halogens is 3. The van der Waals surface area contributed by atoms with Crippen molar-refractivity contribution in [1.29, 1.82) is 0 Å². The van der Waals surface area contributed by atoms with Crippen molar-refractivity contribution in [3.05, 3.63) is 60.3 Å². The van der Waals surface area contributed by atoms with Gasteiger partial charge in [-0.2, -0.15) is 5.10 Å². The molecule has 2 saturated heterocycles. The van der Waals surface area contributed by atoms with Crippen molar-refractivity contribution in [2.24, 2.45) is 13.0 Å². The van der Waals surface area contributed by atoms with E-state index >= 15 is 4.39 Å². The van der Waals surface area contributed by atoms with E-state index in [0.717, 1.165) is 5.56 Å². The van der Waals surface area contributed by atoms with Crippen molar-refractivity contribution in [2.75, 3.05) is 24.7 Å². The monoisotopic (exact) mass is 620 g/mol. The van der Waals surface area contributed by atoms with Gasteiger partial charge in [-0.3, -0.25) is 9.48 Å². The zero-order chi connectivity index (χ0) is 31.5. The van der Waals surface area contributed by atoms with Gasteiger partial charge < -0.3 is 18.8 Å². The fourth-order valence-electron chi connectivity index (χ4n) is 6.38. The van der Waals surface area contributed by atoms with Gasteiger partial charge in [0.25, 0.3) is 6.43 Å². The van der Waals surface area contributed by atoms with Crippen LogP contribution in [0.15, 0.2) is 53.3 Å². The largest absolute Gasteiger partial charge is 0.472 e. The van der Waals surface area contributed by atoms with Gasteiger partial charge >= 0.3 is 0 Å². The lowest BCUT2D eigenvalue weighted by molar-refractivity contribution is -0.118. The Morgan fingerprint density at radius 3 is 2.73 bits per heavy atom. The van der Waals surface area contributed by atoms with Crippen molar-refractivity contribution in [1.82, 2.24) is 24.7 Å². The molecule has 4 atom stereocenters. The van der Waals surface area contributed by atoms with E-state index in [-0.39, 0.29) is 61.2 Å². The number of nitrogens with zero attached hydrogens (tertiary/aromatic N) is 6. The number of ether oxygens (including phenoxy) is 2. The molecule has 0 amide bonds. The molecule has 2 fully saturated rings. The van der Waals surface area contributed by atoms with Crippen LogP contribution in [-0.2, 0) is 22.2 Å². The number of benzene rings is 1. The molecule has 0 bridgehead atoms. The highest BCUT2D eigenvalue weighted by Gasteiger charge is 2.45. The number of furan rings is 1. The number of anilines is 1. The number of alkyl halides is 3. The molecule has 5 aromatic rings. The van der Waals surface area contributed by atoms with E-state index in [1.807, 2.05) is 6.20 Å². The highest BCUT2D eigenvalue weighted by atomic mass is 19.3. The summed E-state index contributed by atoms with van der Waals surface area (Å²) < 4.78 is 64.6. The number of aryl methyl sites for hydroxylation is 1. The Balaban J connectivity index is 1.28. The van der Waals surface area contributed by atoms with Crippen LogP contribution in [-0.4, -0.2) is 62.4 Å². The highest BCUT2D eigenvalue weighted by Crippen LogP contribution is 2.46. The minimum Gasteiger partial charge on any atom is -0.472 e. The normalized spacial score (nSPS) is 23.8. The lowest BCUT2D eigenvalue weighted by Gasteiger charge is -2.36. The Morgan fingerprint density at radius 2 is 2.00 bits per heavy atom. The Bertz CT molecular complexity index is 1910. The van der Waals surface area contributed by atoms with E-state index in [4.69, 9.17) is 13.9 Å². The molecule has 234 valence electrons. The van der Waals surface area contributed by atoms with Crippen LogP contribution in [0.1, 0.15) is 44.5 Å². The van der Waals surface area contributed by atoms with Gasteiger partial charge in [-0.1, -0.05) is 19.1 Å². The van der Waals surface area contributed by atoms with Gasteiger partial charge in [-0.25, -0.2) is 28.1 Å². The summed E-state index contributed by atoms with van der Waals surface area (Å²) in [6, 6.07) is 7.97. The minimum absolute atomic E-state index is 0.0814. The Kier molecular flexibility index (Phi) is 7.22. The molecule has 10 nitrogen and oxygen atoms in total. The standard InChI is InChI=1S/C32H31F3N6O4/c1-17-16-43-9-8-32(17,35)23-10-19(20-13-37-40(3)14-20)12-36-31(23)44-21-11-24(18(2)42)41(15-21)30-27-26(38-29(39-30)28(33)34)22-6-4-5-7-25(22)45-27/h4-7,10,12-14,17,21,24,28H,8-9,11,15-16H2,1-3H3/t17-,21-,24-,32+/m0/s1. The Hall–Kier alpha value is -4.52. The summed E-state index contributed by atoms with van der Waals surface area (Å²) in [5.74, 6) is -1.16. The van der Waals surface area contributed by atoms with E-state index < -0.39 is 36.0 Å². The van der Waals surface area contributed by atoms with Crippen molar-refractivity contribution >= 4 is 33.7 Å². The highest BCUT2D eigenvalue weighted by molar-refractivity contribution is 6.06. The average Bonchev–Trinajstić information content (AvgIpc) is 3.75. The molecule has 45 heavy (non-hydrogen) atoms. The Labute approximate surface area is 256 Å². The predicted molar refractivity (Wildman–Crippen MR) is 159 cm³/mol. The topological polar surface area (TPSA) is 108 Å². The molecular weight excluding hydrogens is 589 g/mol. The predicted octanol–water partition coefficient (Wildman–Crippen LogP) is 5.95. The number of Topliss-reactive ketones (excluding diaryl/α,β-unsaturated/α-hetero) is 1. The number of aromatic nitrogens is 5. The van der Waals surface area contributed by atoms with Gasteiger partial charge in [-0.15, -0.1) is 0 Å². The van der Waals surface area contributed by atoms with Crippen LogP contribution in [0.2, 0.25) is 0 Å². The first kappa shape index (κ1) is 29.2. The van der Waals surface area contributed by atoms with Gasteiger partial charge in [-0.05, 0) is 25.1 Å². The van der Waals surface area contributed by atoms with Crippen LogP contribution in [0, 0.1) is 5.92 Å². The van der Waals surface area contributed by atoms with Crippen molar-refractivity contribution < 1.29 is 31.9 Å². The first-order valence-electron chi connectivity index (χ1n) is 14.8. The molecule has 4 aromatic heterocycles. The summed E-state index contributed by atoms with van der Waals surface area (Å²) in [6.45, 7) is 3.80. The summed E-state index contributed by atoms with van der Waals surface area (Å²) in [6.07, 6.45) is 1.85. The maximum absolute atomic E-state index is 16.9. The molecule has 0 saturated carbocycles. The number of carbonyl (C=O) groups excluding carboxylic acids is 1. The summed E-state index contributed by atoms with van der Waals surface area (Å²) >= 11 is 0. The van der Waals surface area contributed by atoms with E-state index in [1.54, 1.807) is 66.3 Å². The number of hydrogen-bond donors (Lipinski definition) is 0. The summed E-state index contributed by atoms with van der Waals surface area (Å²) in [5, 5.41) is 4.79. The molecule has 0 radical (unpaired) electrons. The number of hydrogen-bond acceptors (Lipinski definition) is 9. The van der Waals surface area contributed by atoms with Crippen LogP contribution in [0.4, 0.5) is 19.0 Å². The van der Waals surface area contributed by atoms with Crippen LogP contribution in [0.5, 0.6) is 5.88 Å². The quantitative estimate of drug-likeness (QED) is 0.218. The summed E-state index contributed by atoms with van der Waals surface area (Å²) in [7, 11) is 1.80. The van der Waals surface area contributed by atoms with Crippen LogP contribution in [0.25, 0.3) is 33.2 Å². The molecule has 0 spiro atoms. The maximum atomic E-state index is 16.9. The summed E-state index contributed by atoms with van der Waals surface area (Å²) in [4.78, 5) is 27.4. The smallest absolute Gasteiger partial charge is 0.297 e. The van der Waals surface area contributed by atoms with Gasteiger partial charge in [0.1, 0.15) is 22.9 Å². The SMILES string of the molecule is CC(=O)[C@@H]1C[C@H](Oc2ncc(-c3cnn(C)c3)cc2[C@@]2(F)CCOC[C@@H]2C)CN1c1nc(C(F)F)nc2c1oc1ccccc12. The molecule has 6 heterocycles. The molecule has 2 aliphatic rings. The molecule has 2 aliphatic heterocycles. The number of fused-ring (bicyclic) bond motifs is 3. The minimum atomic E-state index is -2.94. The average molecular weight is 621 g/mol. The van der Waals surface area contributed by atoms with E-state index in [1.165, 1.54) is 6.92 Å². The molecule has 0 N–H and O–H groups in total. The number of pyridine rings is 1. The fraction of sp³-hybridized carbons (Fsp3) is 0.406. The number of rotatable bonds is 7. The second kappa shape index (κ2) is 11.1. The zero-order valence-electron chi connectivity index (χ0n) is 24.9. The molecular formula is C32H31F3N6O4. The lowest BCUT2D eigenvalue weighted by Crippen LogP contribution is -2.38. The third-order valence-electron chi connectivity index (χ3n) is 8.79. The molecule has 7 rings (SSSR count). The number of para-hydroxylation sites is 1. The molecule has 1 aromatic carbocycles. The fourth-order valence-corrected chi connectivity index (χ4v) is 6.38. The third kappa shape index (κ3) is 5.08. The van der Waals surface area contributed by atoms with Crippen LogP contribution in [0.3, 0.4) is 0 Å². The Morgan fingerprint density at radius 1 is 1.18 bits per heavy atom. The summed E-state index contributed by atoms with van der Waals surface area (Å²) in [5.41, 5.74) is 0.866. The molecule has 0 aliphatic carbocycles. The number of ketones is 1. The van der Waals surface area contributed by atoms with Gasteiger partial charge in [0.05, 0.1) is 31.0 Å². The van der Waals surface area contributed by atoms with Gasteiger partial charge in [0, 0.05) is 61.3 Å². The van der Waals surface area contributed by atoms with E-state index in [2.05, 4.69) is 20.1 Å². The zero-order valence-corrected chi connectivity index (χ0v) is 24.9. The van der Waals surface area contributed by atoms with E-state index in [0.29, 0.717) is 22.1 Å². The molecule has 0 unspecified atom stereocenters. The maximum Gasteiger partial charge on any atom is 0.297 e. The second-order valence-corrected chi connectivity index (χ2v) is 11.8. The van der Waals surface area contributed by atoms with Gasteiger partial charge in [0.15, 0.2) is 23.0 Å². The first-order chi connectivity index (χ1) is 21.6. The third-order valence-corrected chi connectivity index (χ3v) is 8.79. The van der Waals surface area contributed by atoms with Gasteiger partial charge in [0.2, 0.25) is 5.88 Å². The van der Waals surface area contributed by atoms with Crippen molar-refractivity contribution in [2.45, 2.75) is 50.9 Å². The van der Waals surface area contributed by atoms with Crippen LogP contribution < -0.4 is 9.64 Å². The number of carbonyl (C=O) groups is 1. The van der Waals surface area contributed by atoms with E-state index in [9.17, 15) is 13.6 Å².